The van der Waals surface area contributed by atoms with Crippen molar-refractivity contribution in [3.63, 3.8) is 0 Å². The molecule has 5 heteroatoms. The summed E-state index contributed by atoms with van der Waals surface area (Å²) < 4.78 is 0. The molecule has 0 N–H and O–H groups in total. The zero-order valence-corrected chi connectivity index (χ0v) is 13.6. The molecule has 2 aromatic carbocycles. The number of hydrogen-bond acceptors (Lipinski definition) is 4. The molecular formula is C20H16N4O. The van der Waals surface area contributed by atoms with Crippen LogP contribution in [0, 0.1) is 0 Å². The maximum Gasteiger partial charge on any atom is 0.299 e. The molecule has 1 aliphatic carbocycles. The Kier molecular flexibility index (Phi) is 3.13. The number of aliphatic imine (C=N–C) groups is 2. The van der Waals surface area contributed by atoms with Gasteiger partial charge in [-0.25, -0.2) is 4.99 Å². The van der Waals surface area contributed by atoms with Gasteiger partial charge in [0.15, 0.2) is 0 Å². The Morgan fingerprint density at radius 3 is 2.64 bits per heavy atom. The molecule has 5 nitrogen and oxygen atoms in total. The minimum Gasteiger partial charge on any atom is -0.265 e. The van der Waals surface area contributed by atoms with Gasteiger partial charge in [-0.05, 0) is 48.1 Å². The van der Waals surface area contributed by atoms with Crippen LogP contribution in [-0.2, 0) is 4.79 Å². The minimum absolute atomic E-state index is 0.282. The molecule has 0 radical (unpaired) electrons. The summed E-state index contributed by atoms with van der Waals surface area (Å²) in [5.74, 6) is 0.118. The third-order valence-corrected chi connectivity index (χ3v) is 4.82. The molecule has 0 spiro atoms. The first-order valence-electron chi connectivity index (χ1n) is 8.58. The van der Waals surface area contributed by atoms with Crippen molar-refractivity contribution in [1.82, 2.24) is 5.01 Å². The lowest BCUT2D eigenvalue weighted by molar-refractivity contribution is -0.114. The van der Waals surface area contributed by atoms with E-state index in [0.717, 1.165) is 53.4 Å². The van der Waals surface area contributed by atoms with E-state index in [0.29, 0.717) is 11.7 Å². The fourth-order valence-corrected chi connectivity index (χ4v) is 3.55. The van der Waals surface area contributed by atoms with Gasteiger partial charge < -0.3 is 0 Å². The molecule has 2 aromatic rings. The van der Waals surface area contributed by atoms with E-state index in [9.17, 15) is 4.79 Å². The van der Waals surface area contributed by atoms with Crippen molar-refractivity contribution in [2.45, 2.75) is 25.7 Å². The molecule has 0 aromatic heterocycles. The van der Waals surface area contributed by atoms with E-state index in [1.807, 2.05) is 30.3 Å². The van der Waals surface area contributed by atoms with Crippen LogP contribution in [0.3, 0.4) is 0 Å². The zero-order chi connectivity index (χ0) is 16.8. The normalized spacial score (nSPS) is 21.0. The molecular weight excluding hydrogens is 312 g/mol. The van der Waals surface area contributed by atoms with Crippen LogP contribution < -0.4 is 0 Å². The van der Waals surface area contributed by atoms with E-state index in [2.05, 4.69) is 33.3 Å². The second-order valence-electron chi connectivity index (χ2n) is 6.44. The summed E-state index contributed by atoms with van der Waals surface area (Å²) in [5, 5.41) is 8.52. The Balaban J connectivity index is 1.61. The molecule has 1 amide bonds. The Morgan fingerprint density at radius 2 is 1.72 bits per heavy atom. The lowest BCUT2D eigenvalue weighted by Crippen LogP contribution is -2.33. The van der Waals surface area contributed by atoms with Crippen molar-refractivity contribution in [2.75, 3.05) is 0 Å². The summed E-state index contributed by atoms with van der Waals surface area (Å²) in [6.45, 7) is 0. The molecule has 2 heterocycles. The molecule has 3 aliphatic rings. The average Bonchev–Trinajstić information content (AvgIpc) is 2.95. The van der Waals surface area contributed by atoms with Gasteiger partial charge in [0.1, 0.15) is 5.70 Å². The third-order valence-electron chi connectivity index (χ3n) is 4.82. The van der Waals surface area contributed by atoms with E-state index in [1.165, 1.54) is 0 Å². The van der Waals surface area contributed by atoms with E-state index < -0.39 is 0 Å². The number of rotatable bonds is 1. The molecule has 1 fully saturated rings. The summed E-state index contributed by atoms with van der Waals surface area (Å²) >= 11 is 0. The average molecular weight is 328 g/mol. The lowest BCUT2D eigenvalue weighted by Gasteiger charge is -2.24. The quantitative estimate of drug-likeness (QED) is 0.748. The highest BCUT2D eigenvalue weighted by molar-refractivity contribution is 6.45. The summed E-state index contributed by atoms with van der Waals surface area (Å²) in [6, 6.07) is 14.2. The summed E-state index contributed by atoms with van der Waals surface area (Å²) in [6.07, 6.45) is 5.95. The van der Waals surface area contributed by atoms with Crippen molar-refractivity contribution in [3.8, 4) is 0 Å². The highest BCUT2D eigenvalue weighted by Crippen LogP contribution is 2.28. The van der Waals surface area contributed by atoms with Crippen molar-refractivity contribution in [2.24, 2.45) is 15.1 Å². The van der Waals surface area contributed by atoms with Gasteiger partial charge in [0.05, 0.1) is 11.4 Å². The Labute approximate surface area is 145 Å². The maximum atomic E-state index is 12.5. The van der Waals surface area contributed by atoms with Crippen molar-refractivity contribution in [3.05, 3.63) is 53.7 Å². The fraction of sp³-hybridized carbons (Fsp3) is 0.200. The summed E-state index contributed by atoms with van der Waals surface area (Å²) in [7, 11) is 0. The Hall–Kier alpha value is -3.08. The number of amides is 1. The molecule has 1 saturated carbocycles. The molecule has 0 atom stereocenters. The number of nitrogens with zero attached hydrogens (tertiary/aromatic N) is 4. The van der Waals surface area contributed by atoms with Crippen LogP contribution in [0.1, 0.15) is 31.2 Å². The first kappa shape index (κ1) is 14.3. The largest absolute Gasteiger partial charge is 0.299 e. The Morgan fingerprint density at radius 1 is 0.920 bits per heavy atom. The minimum atomic E-state index is -0.282. The number of hydrogen-bond donors (Lipinski definition) is 0. The standard InChI is InChI=1S/C20H16N4O/c25-19-18(12-14-8-5-7-13-6-1-2-9-15(13)14)24-20(22-19)21-16-10-3-4-11-17(16)23-24/h1-2,5-9,12H,3-4,10-11H2. The predicted molar refractivity (Wildman–Crippen MR) is 99.5 cm³/mol. The van der Waals surface area contributed by atoms with Crippen molar-refractivity contribution >= 4 is 40.1 Å². The lowest BCUT2D eigenvalue weighted by atomic mass is 9.96. The van der Waals surface area contributed by atoms with Gasteiger partial charge in [0.2, 0.25) is 0 Å². The second kappa shape index (κ2) is 5.48. The van der Waals surface area contributed by atoms with Gasteiger partial charge in [-0.1, -0.05) is 42.5 Å². The van der Waals surface area contributed by atoms with E-state index in [1.54, 1.807) is 5.01 Å². The van der Waals surface area contributed by atoms with E-state index >= 15 is 0 Å². The van der Waals surface area contributed by atoms with Gasteiger partial charge in [0, 0.05) is 0 Å². The van der Waals surface area contributed by atoms with Gasteiger partial charge in [-0.2, -0.15) is 15.1 Å². The molecule has 0 unspecified atom stereocenters. The maximum absolute atomic E-state index is 12.5. The van der Waals surface area contributed by atoms with E-state index in [4.69, 9.17) is 0 Å². The summed E-state index contributed by atoms with van der Waals surface area (Å²) in [4.78, 5) is 21.1. The molecule has 122 valence electrons. The first-order valence-corrected chi connectivity index (χ1v) is 8.58. The van der Waals surface area contributed by atoms with Crippen LogP contribution in [0.2, 0.25) is 0 Å². The zero-order valence-electron chi connectivity index (χ0n) is 13.6. The molecule has 25 heavy (non-hydrogen) atoms. The van der Waals surface area contributed by atoms with Gasteiger partial charge in [0.25, 0.3) is 11.9 Å². The van der Waals surface area contributed by atoms with E-state index in [-0.39, 0.29) is 5.91 Å². The second-order valence-corrected chi connectivity index (χ2v) is 6.44. The van der Waals surface area contributed by atoms with Crippen LogP contribution in [0.4, 0.5) is 0 Å². The topological polar surface area (TPSA) is 57.4 Å². The monoisotopic (exact) mass is 328 g/mol. The highest BCUT2D eigenvalue weighted by atomic mass is 16.2. The predicted octanol–water partition coefficient (Wildman–Crippen LogP) is 3.76. The highest BCUT2D eigenvalue weighted by Gasteiger charge is 2.34. The smallest absolute Gasteiger partial charge is 0.265 e. The van der Waals surface area contributed by atoms with Crippen LogP contribution in [0.15, 0.2) is 63.2 Å². The molecule has 2 aliphatic heterocycles. The number of guanidine groups is 1. The van der Waals surface area contributed by atoms with Crippen LogP contribution in [0.25, 0.3) is 16.8 Å². The van der Waals surface area contributed by atoms with Crippen molar-refractivity contribution in [1.29, 1.82) is 0 Å². The SMILES string of the molecule is O=C1N=C2N=C3CCCCC3=NN2C1=Cc1cccc2ccccc12. The first-order chi connectivity index (χ1) is 12.3. The number of fused-ring (bicyclic) bond motifs is 3. The number of carbonyl (C=O) groups is 1. The number of hydrazone groups is 1. The number of benzene rings is 2. The van der Waals surface area contributed by atoms with Crippen LogP contribution >= 0.6 is 0 Å². The van der Waals surface area contributed by atoms with Gasteiger partial charge >= 0.3 is 0 Å². The third kappa shape index (κ3) is 2.31. The molecule has 0 saturated heterocycles. The van der Waals surface area contributed by atoms with Gasteiger partial charge in [-0.3, -0.25) is 4.79 Å². The number of carbonyl (C=O) groups excluding carboxylic acids is 1. The fourth-order valence-electron chi connectivity index (χ4n) is 3.55. The molecule has 5 rings (SSSR count). The molecule has 0 bridgehead atoms. The Bertz CT molecular complexity index is 1020. The van der Waals surface area contributed by atoms with Crippen LogP contribution in [-0.4, -0.2) is 28.3 Å². The van der Waals surface area contributed by atoms with Crippen molar-refractivity contribution < 1.29 is 4.79 Å². The van der Waals surface area contributed by atoms with Gasteiger partial charge in [-0.15, -0.1) is 0 Å². The van der Waals surface area contributed by atoms with Crippen LogP contribution in [0.5, 0.6) is 0 Å². The summed E-state index contributed by atoms with van der Waals surface area (Å²) in [5.41, 5.74) is 3.42.